The average Bonchev–Trinajstić information content (AvgIpc) is 2.31. The molecule has 2 heteroatoms. The van der Waals surface area contributed by atoms with E-state index in [2.05, 4.69) is 25.6 Å². The molecule has 0 amide bonds. The Labute approximate surface area is 99.4 Å². The van der Waals surface area contributed by atoms with Crippen molar-refractivity contribution in [3.8, 4) is 6.07 Å². The molecule has 0 fully saturated rings. The van der Waals surface area contributed by atoms with Gasteiger partial charge < -0.3 is 0 Å². The van der Waals surface area contributed by atoms with E-state index in [-0.39, 0.29) is 0 Å². The van der Waals surface area contributed by atoms with E-state index in [0.29, 0.717) is 0 Å². The lowest BCUT2D eigenvalue weighted by Crippen LogP contribution is -1.75. The van der Waals surface area contributed by atoms with Crippen LogP contribution in [0.1, 0.15) is 39.7 Å². The molecular weight excluding hydrogens is 196 g/mol. The summed E-state index contributed by atoms with van der Waals surface area (Å²) in [5.74, 6) is 0. The minimum Gasteiger partial charge on any atom is -0.238 e. The van der Waals surface area contributed by atoms with Crippen LogP contribution in [0.25, 0.3) is 4.85 Å². The van der Waals surface area contributed by atoms with Gasteiger partial charge in [-0.1, -0.05) is 57.0 Å². The number of benzene rings is 1. The first kappa shape index (κ1) is 16.6. The van der Waals surface area contributed by atoms with E-state index in [1.807, 2.05) is 24.3 Å². The summed E-state index contributed by atoms with van der Waals surface area (Å²) in [6.45, 7) is 14.5. The molecule has 0 heterocycles. The standard InChI is InChI=1S/C9H9N.C3H8.C2H3N/c1-3-8-5-4-6-9(7-8)10-2;1-3-2;1-2-3/h4-7H,3H2,1H3;3H2,1-2H3;1H3. The Bertz CT molecular complexity index is 342. The van der Waals surface area contributed by atoms with Crippen LogP contribution in [0.15, 0.2) is 24.3 Å². The summed E-state index contributed by atoms with van der Waals surface area (Å²) < 4.78 is 0. The number of hydrogen-bond acceptors (Lipinski definition) is 1. The van der Waals surface area contributed by atoms with Crippen molar-refractivity contribution in [2.45, 2.75) is 40.5 Å². The van der Waals surface area contributed by atoms with Crippen molar-refractivity contribution in [3.63, 3.8) is 0 Å². The van der Waals surface area contributed by atoms with Gasteiger partial charge in [0.2, 0.25) is 0 Å². The van der Waals surface area contributed by atoms with Gasteiger partial charge in [-0.05, 0) is 6.42 Å². The monoisotopic (exact) mass is 216 g/mol. The van der Waals surface area contributed by atoms with Crippen LogP contribution in [0.2, 0.25) is 0 Å². The van der Waals surface area contributed by atoms with Crippen LogP contribution in [0, 0.1) is 17.9 Å². The van der Waals surface area contributed by atoms with E-state index in [4.69, 9.17) is 11.8 Å². The first-order chi connectivity index (χ1) is 7.69. The van der Waals surface area contributed by atoms with Crippen LogP contribution in [0.3, 0.4) is 0 Å². The molecule has 2 nitrogen and oxygen atoms in total. The number of nitriles is 1. The van der Waals surface area contributed by atoms with E-state index in [0.717, 1.165) is 12.1 Å². The highest BCUT2D eigenvalue weighted by Gasteiger charge is 1.89. The first-order valence-corrected chi connectivity index (χ1v) is 5.47. The Balaban J connectivity index is 0. The van der Waals surface area contributed by atoms with Crippen LogP contribution in [0.5, 0.6) is 0 Å². The summed E-state index contributed by atoms with van der Waals surface area (Å²) in [7, 11) is 0. The van der Waals surface area contributed by atoms with Gasteiger partial charge in [-0.3, -0.25) is 0 Å². The third-order valence-corrected chi connectivity index (χ3v) is 1.45. The second-order valence-corrected chi connectivity index (χ2v) is 3.07. The molecule has 0 N–H and O–H groups in total. The van der Waals surface area contributed by atoms with Gasteiger partial charge in [0.1, 0.15) is 0 Å². The number of aryl methyl sites for hydroxylation is 1. The SMILES string of the molecule is CC#N.CCC.[C-]#[N+]c1cccc(CC)c1. The molecule has 0 saturated carbocycles. The Morgan fingerprint density at radius 2 is 1.81 bits per heavy atom. The third-order valence-electron chi connectivity index (χ3n) is 1.45. The Morgan fingerprint density at radius 1 is 1.31 bits per heavy atom. The second-order valence-electron chi connectivity index (χ2n) is 3.07. The summed E-state index contributed by atoms with van der Waals surface area (Å²) in [6.07, 6.45) is 2.25. The number of rotatable bonds is 1. The number of hydrogen-bond donors (Lipinski definition) is 0. The van der Waals surface area contributed by atoms with Gasteiger partial charge in [-0.2, -0.15) is 5.26 Å². The maximum absolute atomic E-state index is 7.32. The lowest BCUT2D eigenvalue weighted by molar-refractivity contribution is 1.09. The number of nitrogens with zero attached hydrogens (tertiary/aromatic N) is 2. The fourth-order valence-electron chi connectivity index (χ4n) is 0.846. The van der Waals surface area contributed by atoms with Crippen molar-refractivity contribution < 1.29 is 0 Å². The lowest BCUT2D eigenvalue weighted by Gasteiger charge is -1.93. The van der Waals surface area contributed by atoms with Gasteiger partial charge in [0, 0.05) is 6.92 Å². The normalized spacial score (nSPS) is 7.12. The molecule has 0 spiro atoms. The Hall–Kier alpha value is -1.80. The molecule has 0 aliphatic rings. The van der Waals surface area contributed by atoms with Crippen LogP contribution in [-0.4, -0.2) is 0 Å². The van der Waals surface area contributed by atoms with E-state index in [1.54, 1.807) is 6.07 Å². The molecule has 0 aromatic heterocycles. The molecule has 1 aromatic rings. The van der Waals surface area contributed by atoms with Crippen LogP contribution in [0.4, 0.5) is 5.69 Å². The van der Waals surface area contributed by atoms with Gasteiger partial charge in [0.05, 0.1) is 12.6 Å². The summed E-state index contributed by atoms with van der Waals surface area (Å²) in [6, 6.07) is 9.46. The highest BCUT2D eigenvalue weighted by atomic mass is 14.6. The van der Waals surface area contributed by atoms with E-state index >= 15 is 0 Å². The van der Waals surface area contributed by atoms with Crippen molar-refractivity contribution in [2.24, 2.45) is 0 Å². The van der Waals surface area contributed by atoms with Crippen molar-refractivity contribution >= 4 is 5.69 Å². The van der Waals surface area contributed by atoms with Crippen LogP contribution < -0.4 is 0 Å². The van der Waals surface area contributed by atoms with E-state index in [9.17, 15) is 0 Å². The topological polar surface area (TPSA) is 28.1 Å². The zero-order valence-electron chi connectivity index (χ0n) is 10.6. The maximum atomic E-state index is 7.32. The van der Waals surface area contributed by atoms with Crippen molar-refractivity contribution in [3.05, 3.63) is 41.2 Å². The molecule has 0 aliphatic carbocycles. The molecule has 16 heavy (non-hydrogen) atoms. The Morgan fingerprint density at radius 3 is 2.19 bits per heavy atom. The van der Waals surface area contributed by atoms with Crippen LogP contribution in [-0.2, 0) is 6.42 Å². The summed E-state index contributed by atoms with van der Waals surface area (Å²) in [5, 5.41) is 7.32. The van der Waals surface area contributed by atoms with Crippen molar-refractivity contribution in [1.29, 1.82) is 5.26 Å². The maximum Gasteiger partial charge on any atom is 0.187 e. The van der Waals surface area contributed by atoms with Gasteiger partial charge in [0.15, 0.2) is 5.69 Å². The van der Waals surface area contributed by atoms with Gasteiger partial charge in [0.25, 0.3) is 0 Å². The van der Waals surface area contributed by atoms with Gasteiger partial charge in [-0.15, -0.1) is 0 Å². The van der Waals surface area contributed by atoms with E-state index < -0.39 is 0 Å². The molecular formula is C14H20N2. The first-order valence-electron chi connectivity index (χ1n) is 5.47. The molecule has 0 atom stereocenters. The zero-order valence-corrected chi connectivity index (χ0v) is 10.6. The smallest absolute Gasteiger partial charge is 0.187 e. The summed E-state index contributed by atoms with van der Waals surface area (Å²) >= 11 is 0. The zero-order chi connectivity index (χ0) is 12.8. The fraction of sp³-hybridized carbons (Fsp3) is 0.429. The summed E-state index contributed by atoms with van der Waals surface area (Å²) in [4.78, 5) is 3.33. The van der Waals surface area contributed by atoms with Crippen LogP contribution >= 0.6 is 0 Å². The van der Waals surface area contributed by atoms with Gasteiger partial charge in [-0.25, -0.2) is 4.85 Å². The molecule has 1 aromatic carbocycles. The molecule has 0 radical (unpaired) electrons. The molecule has 0 saturated heterocycles. The predicted molar refractivity (Wildman–Crippen MR) is 69.3 cm³/mol. The Kier molecular flexibility index (Phi) is 13.7. The van der Waals surface area contributed by atoms with Crippen molar-refractivity contribution in [2.75, 3.05) is 0 Å². The minimum absolute atomic E-state index is 0.736. The minimum atomic E-state index is 0.736. The largest absolute Gasteiger partial charge is 0.238 e. The molecule has 0 bridgehead atoms. The predicted octanol–water partition coefficient (Wildman–Crippen LogP) is 4.75. The summed E-state index contributed by atoms with van der Waals surface area (Å²) in [5.41, 5.74) is 1.97. The lowest BCUT2D eigenvalue weighted by atomic mass is 10.1. The third kappa shape index (κ3) is 10.3. The highest BCUT2D eigenvalue weighted by Crippen LogP contribution is 2.13. The van der Waals surface area contributed by atoms with Gasteiger partial charge >= 0.3 is 0 Å². The molecule has 1 rings (SSSR count). The molecule has 0 unspecified atom stereocenters. The highest BCUT2D eigenvalue weighted by molar-refractivity contribution is 5.46. The molecule has 0 aliphatic heterocycles. The van der Waals surface area contributed by atoms with Crippen molar-refractivity contribution in [1.82, 2.24) is 0 Å². The average molecular weight is 216 g/mol. The second kappa shape index (κ2) is 13.2. The quantitative estimate of drug-likeness (QED) is 0.623. The fourth-order valence-corrected chi connectivity index (χ4v) is 0.846. The van der Waals surface area contributed by atoms with E-state index in [1.165, 1.54) is 18.9 Å². The molecule has 86 valence electrons.